The third-order valence-corrected chi connectivity index (χ3v) is 7.52. The minimum Gasteiger partial charge on any atom is -0.440 e. The molecule has 1 aliphatic rings. The number of hydrogen-bond acceptors (Lipinski definition) is 6. The van der Waals surface area contributed by atoms with E-state index >= 15 is 0 Å². The molecule has 0 amide bonds. The molecular weight excluding hydrogens is 463 g/mol. The van der Waals surface area contributed by atoms with Crippen LogP contribution < -0.4 is 0 Å². The number of aromatic nitrogens is 4. The van der Waals surface area contributed by atoms with Crippen molar-refractivity contribution >= 4 is 11.8 Å². The number of likely N-dealkylation sites (tertiary alicyclic amines) is 1. The van der Waals surface area contributed by atoms with Gasteiger partial charge in [0.2, 0.25) is 5.82 Å². The maximum Gasteiger partial charge on any atom is 0.416 e. The van der Waals surface area contributed by atoms with Crippen LogP contribution in [0.2, 0.25) is 0 Å². The first kappa shape index (κ1) is 24.8. The molecule has 1 aromatic carbocycles. The van der Waals surface area contributed by atoms with E-state index in [2.05, 4.69) is 20.1 Å². The monoisotopic (exact) mass is 493 g/mol. The van der Waals surface area contributed by atoms with E-state index in [0.29, 0.717) is 17.5 Å². The van der Waals surface area contributed by atoms with E-state index in [1.807, 2.05) is 18.5 Å². The summed E-state index contributed by atoms with van der Waals surface area (Å²) in [6.45, 7) is 4.92. The van der Waals surface area contributed by atoms with Crippen LogP contribution >= 0.6 is 11.8 Å². The lowest BCUT2D eigenvalue weighted by atomic mass is 9.88. The number of hydrogen-bond donors (Lipinski definition) is 0. The lowest BCUT2D eigenvalue weighted by Crippen LogP contribution is -2.30. The second-order valence-corrected chi connectivity index (χ2v) is 9.84. The molecule has 3 aromatic rings. The van der Waals surface area contributed by atoms with Crippen LogP contribution in [0.15, 0.2) is 40.2 Å². The van der Waals surface area contributed by atoms with E-state index in [0.717, 1.165) is 73.9 Å². The Kier molecular flexibility index (Phi) is 7.98. The number of halogens is 3. The van der Waals surface area contributed by atoms with E-state index in [1.54, 1.807) is 23.9 Å². The molecule has 1 aliphatic heterocycles. The number of rotatable bonds is 7. The SMILES string of the molecule is Cc1ncoc1-c1nnc(SCCCN2CCCC[C@@H](c3ccc(C(F)(F)F)cc3)CC2)n1C. The lowest BCUT2D eigenvalue weighted by Gasteiger charge is -2.28. The van der Waals surface area contributed by atoms with Crippen molar-refractivity contribution in [3.05, 3.63) is 47.5 Å². The Morgan fingerprint density at radius 1 is 1.09 bits per heavy atom. The standard InChI is InChI=1S/C24H30F3N5OS/c1-17-21(33-16-28-17)22-29-30-23(31(22)2)34-15-5-13-32-12-4-3-6-18(11-14-32)19-7-9-20(10-8-19)24(25,26)27/h7-10,16,18H,3-6,11-15H2,1-2H3/t18-/m1/s1. The van der Waals surface area contributed by atoms with E-state index in [1.165, 1.54) is 18.5 Å². The third kappa shape index (κ3) is 6.02. The molecule has 1 atom stereocenters. The van der Waals surface area contributed by atoms with E-state index in [9.17, 15) is 13.2 Å². The van der Waals surface area contributed by atoms with Gasteiger partial charge in [-0.05, 0) is 75.9 Å². The maximum atomic E-state index is 12.9. The Morgan fingerprint density at radius 3 is 2.59 bits per heavy atom. The highest BCUT2D eigenvalue weighted by molar-refractivity contribution is 7.99. The zero-order valence-electron chi connectivity index (χ0n) is 19.5. The predicted molar refractivity (Wildman–Crippen MR) is 126 cm³/mol. The number of thioether (sulfide) groups is 1. The number of benzene rings is 1. The molecule has 10 heteroatoms. The fraction of sp³-hybridized carbons (Fsp3) is 0.542. The molecule has 3 heterocycles. The fourth-order valence-electron chi connectivity index (χ4n) is 4.43. The molecular formula is C24H30F3N5OS. The Morgan fingerprint density at radius 2 is 1.88 bits per heavy atom. The first-order chi connectivity index (χ1) is 16.3. The number of alkyl halides is 3. The van der Waals surface area contributed by atoms with Crippen LogP contribution in [0, 0.1) is 6.92 Å². The summed E-state index contributed by atoms with van der Waals surface area (Å²) in [6.07, 6.45) is 2.38. The molecule has 0 aliphatic carbocycles. The highest BCUT2D eigenvalue weighted by Crippen LogP contribution is 2.33. The van der Waals surface area contributed by atoms with Gasteiger partial charge in [-0.1, -0.05) is 30.3 Å². The first-order valence-electron chi connectivity index (χ1n) is 11.6. The van der Waals surface area contributed by atoms with Gasteiger partial charge in [0.1, 0.15) is 0 Å². The van der Waals surface area contributed by atoms with Crippen LogP contribution in [-0.2, 0) is 13.2 Å². The highest BCUT2D eigenvalue weighted by Gasteiger charge is 2.30. The average molecular weight is 494 g/mol. The Balaban J connectivity index is 1.25. The average Bonchev–Trinajstić information content (AvgIpc) is 3.37. The van der Waals surface area contributed by atoms with Crippen molar-refractivity contribution in [3.63, 3.8) is 0 Å². The molecule has 0 bridgehead atoms. The van der Waals surface area contributed by atoms with Gasteiger partial charge in [0, 0.05) is 12.8 Å². The molecule has 0 spiro atoms. The largest absolute Gasteiger partial charge is 0.440 e. The van der Waals surface area contributed by atoms with Gasteiger partial charge in [-0.2, -0.15) is 13.2 Å². The molecule has 34 heavy (non-hydrogen) atoms. The summed E-state index contributed by atoms with van der Waals surface area (Å²) in [5.74, 6) is 2.57. The maximum absolute atomic E-state index is 12.9. The summed E-state index contributed by atoms with van der Waals surface area (Å²) < 4.78 is 46.0. The zero-order valence-corrected chi connectivity index (χ0v) is 20.3. The third-order valence-electron chi connectivity index (χ3n) is 6.41. The van der Waals surface area contributed by atoms with Crippen LogP contribution in [0.25, 0.3) is 11.6 Å². The van der Waals surface area contributed by atoms with E-state index in [4.69, 9.17) is 4.42 Å². The topological polar surface area (TPSA) is 60.0 Å². The quantitative estimate of drug-likeness (QED) is 0.300. The smallest absolute Gasteiger partial charge is 0.416 e. The highest BCUT2D eigenvalue weighted by atomic mass is 32.2. The van der Waals surface area contributed by atoms with Crippen LogP contribution in [0.4, 0.5) is 13.2 Å². The minimum atomic E-state index is -4.28. The molecule has 0 radical (unpaired) electrons. The van der Waals surface area contributed by atoms with Crippen LogP contribution in [0.5, 0.6) is 0 Å². The molecule has 2 aromatic heterocycles. The summed E-state index contributed by atoms with van der Waals surface area (Å²) in [7, 11) is 1.93. The molecule has 1 saturated heterocycles. The van der Waals surface area contributed by atoms with E-state index in [-0.39, 0.29) is 0 Å². The van der Waals surface area contributed by atoms with Gasteiger partial charge in [0.15, 0.2) is 17.3 Å². The second kappa shape index (κ2) is 10.9. The van der Waals surface area contributed by atoms with Gasteiger partial charge in [-0.3, -0.25) is 0 Å². The second-order valence-electron chi connectivity index (χ2n) is 8.78. The number of oxazole rings is 1. The summed E-state index contributed by atoms with van der Waals surface area (Å²) in [6, 6.07) is 5.74. The van der Waals surface area contributed by atoms with Crippen molar-refractivity contribution in [2.75, 3.05) is 25.4 Å². The minimum absolute atomic E-state index is 0.316. The lowest BCUT2D eigenvalue weighted by molar-refractivity contribution is -0.137. The van der Waals surface area contributed by atoms with Gasteiger partial charge in [-0.25, -0.2) is 4.98 Å². The van der Waals surface area contributed by atoms with Crippen molar-refractivity contribution in [1.29, 1.82) is 0 Å². The van der Waals surface area contributed by atoms with Crippen LogP contribution in [-0.4, -0.2) is 50.0 Å². The molecule has 1 fully saturated rings. The molecule has 0 saturated carbocycles. The fourth-order valence-corrected chi connectivity index (χ4v) is 5.26. The van der Waals surface area contributed by atoms with Crippen LogP contribution in [0.3, 0.4) is 0 Å². The molecule has 0 N–H and O–H groups in total. The number of aryl methyl sites for hydroxylation is 1. The van der Waals surface area contributed by atoms with Gasteiger partial charge in [0.25, 0.3) is 0 Å². The van der Waals surface area contributed by atoms with Gasteiger partial charge < -0.3 is 13.9 Å². The van der Waals surface area contributed by atoms with Crippen molar-refractivity contribution < 1.29 is 17.6 Å². The van der Waals surface area contributed by atoms with Crippen molar-refractivity contribution in [2.24, 2.45) is 7.05 Å². The zero-order chi connectivity index (χ0) is 24.1. The Hall–Kier alpha value is -2.33. The summed E-state index contributed by atoms with van der Waals surface area (Å²) in [5.41, 5.74) is 1.23. The van der Waals surface area contributed by atoms with E-state index < -0.39 is 11.7 Å². The number of nitrogens with zero attached hydrogens (tertiary/aromatic N) is 5. The van der Waals surface area contributed by atoms with Crippen molar-refractivity contribution in [1.82, 2.24) is 24.6 Å². The van der Waals surface area contributed by atoms with Gasteiger partial charge in [-0.15, -0.1) is 10.2 Å². The van der Waals surface area contributed by atoms with Crippen LogP contribution in [0.1, 0.15) is 54.8 Å². The Bertz CT molecular complexity index is 1060. The van der Waals surface area contributed by atoms with Crippen molar-refractivity contribution in [2.45, 2.75) is 56.3 Å². The summed E-state index contributed by atoms with van der Waals surface area (Å²) >= 11 is 1.68. The molecule has 184 valence electrons. The molecule has 0 unspecified atom stereocenters. The molecule has 4 rings (SSSR count). The summed E-state index contributed by atoms with van der Waals surface area (Å²) in [4.78, 5) is 6.60. The van der Waals surface area contributed by atoms with Gasteiger partial charge >= 0.3 is 6.18 Å². The van der Waals surface area contributed by atoms with Gasteiger partial charge in [0.05, 0.1) is 11.3 Å². The normalized spacial score (nSPS) is 18.1. The molecule has 6 nitrogen and oxygen atoms in total. The summed E-state index contributed by atoms with van der Waals surface area (Å²) in [5, 5.41) is 9.39. The Labute approximate surface area is 202 Å². The van der Waals surface area contributed by atoms with Crippen molar-refractivity contribution in [3.8, 4) is 11.6 Å². The predicted octanol–water partition coefficient (Wildman–Crippen LogP) is 5.94. The first-order valence-corrected chi connectivity index (χ1v) is 12.6.